The quantitative estimate of drug-likeness (QED) is 0.773. The highest BCUT2D eigenvalue weighted by Gasteiger charge is 2.07. The van der Waals surface area contributed by atoms with Crippen molar-refractivity contribution < 1.29 is 4.42 Å². The summed E-state index contributed by atoms with van der Waals surface area (Å²) in [5.74, 6) is 1.56. The van der Waals surface area contributed by atoms with Crippen molar-refractivity contribution in [3.8, 4) is 11.3 Å². The summed E-state index contributed by atoms with van der Waals surface area (Å²) in [6.07, 6.45) is 8.47. The van der Waals surface area contributed by atoms with Crippen LogP contribution in [0.1, 0.15) is 5.76 Å². The Balaban J connectivity index is 1.85. The molecule has 0 aliphatic carbocycles. The molecule has 0 aliphatic heterocycles. The van der Waals surface area contributed by atoms with Gasteiger partial charge in [0.25, 0.3) is 0 Å². The summed E-state index contributed by atoms with van der Waals surface area (Å²) in [6.45, 7) is 0.568. The molecule has 0 saturated heterocycles. The van der Waals surface area contributed by atoms with Crippen LogP contribution in [0.25, 0.3) is 11.3 Å². The van der Waals surface area contributed by atoms with Gasteiger partial charge in [-0.2, -0.15) is 0 Å². The van der Waals surface area contributed by atoms with Gasteiger partial charge >= 0.3 is 0 Å². The zero-order chi connectivity index (χ0) is 12.9. The van der Waals surface area contributed by atoms with E-state index in [0.717, 1.165) is 17.0 Å². The highest BCUT2D eigenvalue weighted by molar-refractivity contribution is 5.70. The minimum absolute atomic E-state index is 0.568. The second kappa shape index (κ2) is 5.30. The second-order valence-corrected chi connectivity index (χ2v) is 3.93. The van der Waals surface area contributed by atoms with Crippen LogP contribution in [0.15, 0.2) is 59.7 Å². The molecule has 3 aromatic rings. The van der Waals surface area contributed by atoms with Gasteiger partial charge in [0.2, 0.25) is 0 Å². The number of nitrogens with zero attached hydrogens (tertiary/aromatic N) is 3. The standard InChI is InChI=1S/C14H12N4O/c1-3-11(9-15-5-1)13-14(17-7-6-16-13)18-10-12-4-2-8-19-12/h1-9H,10H2,(H,17,18). The molecule has 0 spiro atoms. The fourth-order valence-electron chi connectivity index (χ4n) is 1.77. The number of aromatic nitrogens is 3. The molecule has 3 heterocycles. The Morgan fingerprint density at radius 3 is 2.79 bits per heavy atom. The lowest BCUT2D eigenvalue weighted by atomic mass is 10.2. The maximum atomic E-state index is 5.28. The van der Waals surface area contributed by atoms with Crippen molar-refractivity contribution in [3.05, 3.63) is 61.1 Å². The van der Waals surface area contributed by atoms with Crippen LogP contribution in [-0.4, -0.2) is 15.0 Å². The fourth-order valence-corrected chi connectivity index (χ4v) is 1.77. The molecule has 1 N–H and O–H groups in total. The summed E-state index contributed by atoms with van der Waals surface area (Å²) in [5, 5.41) is 3.22. The number of hydrogen-bond acceptors (Lipinski definition) is 5. The van der Waals surface area contributed by atoms with Crippen LogP contribution >= 0.6 is 0 Å². The van der Waals surface area contributed by atoms with Crippen molar-refractivity contribution in [3.63, 3.8) is 0 Å². The maximum absolute atomic E-state index is 5.28. The van der Waals surface area contributed by atoms with E-state index in [4.69, 9.17) is 4.42 Å². The number of nitrogens with one attached hydrogen (secondary N) is 1. The third-order valence-electron chi connectivity index (χ3n) is 2.64. The van der Waals surface area contributed by atoms with E-state index in [0.29, 0.717) is 12.4 Å². The van der Waals surface area contributed by atoms with Crippen molar-refractivity contribution in [1.82, 2.24) is 15.0 Å². The van der Waals surface area contributed by atoms with Gasteiger partial charge < -0.3 is 9.73 Å². The number of hydrogen-bond donors (Lipinski definition) is 1. The Labute approximate surface area is 110 Å². The smallest absolute Gasteiger partial charge is 0.153 e. The topological polar surface area (TPSA) is 63.8 Å². The second-order valence-electron chi connectivity index (χ2n) is 3.93. The van der Waals surface area contributed by atoms with Gasteiger partial charge in [-0.15, -0.1) is 0 Å². The average Bonchev–Trinajstić information content (AvgIpc) is 3.00. The summed E-state index contributed by atoms with van der Waals surface area (Å²) in [5.41, 5.74) is 1.71. The molecule has 0 atom stereocenters. The molecule has 3 rings (SSSR count). The van der Waals surface area contributed by atoms with E-state index >= 15 is 0 Å². The van der Waals surface area contributed by atoms with Crippen molar-refractivity contribution >= 4 is 5.82 Å². The molecule has 0 saturated carbocycles. The van der Waals surface area contributed by atoms with E-state index < -0.39 is 0 Å². The molecule has 3 aromatic heterocycles. The van der Waals surface area contributed by atoms with Crippen LogP contribution in [0.4, 0.5) is 5.82 Å². The monoisotopic (exact) mass is 252 g/mol. The van der Waals surface area contributed by atoms with E-state index in [2.05, 4.69) is 20.3 Å². The Hall–Kier alpha value is -2.69. The predicted molar refractivity (Wildman–Crippen MR) is 71.3 cm³/mol. The number of furan rings is 1. The molecule has 5 heteroatoms. The Bertz CT molecular complexity index is 638. The highest BCUT2D eigenvalue weighted by atomic mass is 16.3. The van der Waals surface area contributed by atoms with Crippen LogP contribution in [0, 0.1) is 0 Å². The molecule has 5 nitrogen and oxygen atoms in total. The van der Waals surface area contributed by atoms with E-state index in [1.165, 1.54) is 0 Å². The minimum Gasteiger partial charge on any atom is -0.467 e. The molecule has 0 aromatic carbocycles. The van der Waals surface area contributed by atoms with Gasteiger partial charge in [-0.25, -0.2) is 4.98 Å². The van der Waals surface area contributed by atoms with Gasteiger partial charge in [0.05, 0.1) is 12.8 Å². The molecular formula is C14H12N4O. The summed E-state index contributed by atoms with van der Waals surface area (Å²) < 4.78 is 5.28. The lowest BCUT2D eigenvalue weighted by molar-refractivity contribution is 0.518. The largest absolute Gasteiger partial charge is 0.467 e. The number of anilines is 1. The maximum Gasteiger partial charge on any atom is 0.153 e. The lowest BCUT2D eigenvalue weighted by Crippen LogP contribution is -2.03. The van der Waals surface area contributed by atoms with E-state index in [1.807, 2.05) is 24.3 Å². The average molecular weight is 252 g/mol. The number of pyridine rings is 1. The normalized spacial score (nSPS) is 10.3. The first kappa shape index (κ1) is 11.4. The van der Waals surface area contributed by atoms with Gasteiger partial charge in [-0.05, 0) is 24.3 Å². The van der Waals surface area contributed by atoms with Crippen LogP contribution in [-0.2, 0) is 6.54 Å². The van der Waals surface area contributed by atoms with Crippen molar-refractivity contribution in [2.45, 2.75) is 6.54 Å². The Kier molecular flexibility index (Phi) is 3.18. The van der Waals surface area contributed by atoms with Crippen molar-refractivity contribution in [2.75, 3.05) is 5.32 Å². The molecule has 0 aliphatic rings. The first-order chi connectivity index (χ1) is 9.43. The van der Waals surface area contributed by atoms with Crippen LogP contribution in [0.5, 0.6) is 0 Å². The SMILES string of the molecule is c1cncc(-c2nccnc2NCc2ccco2)c1. The molecule has 19 heavy (non-hydrogen) atoms. The third kappa shape index (κ3) is 2.60. The van der Waals surface area contributed by atoms with E-state index in [9.17, 15) is 0 Å². The summed E-state index contributed by atoms with van der Waals surface area (Å²) in [4.78, 5) is 12.8. The number of rotatable bonds is 4. The summed E-state index contributed by atoms with van der Waals surface area (Å²) in [6, 6.07) is 7.60. The Morgan fingerprint density at radius 2 is 2.00 bits per heavy atom. The highest BCUT2D eigenvalue weighted by Crippen LogP contribution is 2.22. The molecule has 0 bridgehead atoms. The summed E-state index contributed by atoms with van der Waals surface area (Å²) >= 11 is 0. The van der Waals surface area contributed by atoms with Crippen LogP contribution in [0.2, 0.25) is 0 Å². The van der Waals surface area contributed by atoms with Crippen molar-refractivity contribution in [2.24, 2.45) is 0 Å². The van der Waals surface area contributed by atoms with Gasteiger partial charge in [-0.3, -0.25) is 9.97 Å². The van der Waals surface area contributed by atoms with Crippen LogP contribution < -0.4 is 5.32 Å². The first-order valence-corrected chi connectivity index (χ1v) is 5.91. The fraction of sp³-hybridized carbons (Fsp3) is 0.0714. The minimum atomic E-state index is 0.568. The zero-order valence-corrected chi connectivity index (χ0v) is 10.2. The van der Waals surface area contributed by atoms with E-state index in [-0.39, 0.29) is 0 Å². The van der Waals surface area contributed by atoms with Gasteiger partial charge in [0, 0.05) is 30.4 Å². The Morgan fingerprint density at radius 1 is 1.05 bits per heavy atom. The summed E-state index contributed by atoms with van der Waals surface area (Å²) in [7, 11) is 0. The first-order valence-electron chi connectivity index (χ1n) is 5.91. The van der Waals surface area contributed by atoms with Crippen molar-refractivity contribution in [1.29, 1.82) is 0 Å². The van der Waals surface area contributed by atoms with Crippen LogP contribution in [0.3, 0.4) is 0 Å². The predicted octanol–water partition coefficient (Wildman–Crippen LogP) is 2.74. The van der Waals surface area contributed by atoms with Gasteiger partial charge in [0.1, 0.15) is 11.5 Å². The van der Waals surface area contributed by atoms with Gasteiger partial charge in [-0.1, -0.05) is 0 Å². The third-order valence-corrected chi connectivity index (χ3v) is 2.64. The lowest BCUT2D eigenvalue weighted by Gasteiger charge is -2.08. The molecule has 94 valence electrons. The molecule has 0 fully saturated rings. The molecular weight excluding hydrogens is 240 g/mol. The molecule has 0 radical (unpaired) electrons. The molecule has 0 unspecified atom stereocenters. The zero-order valence-electron chi connectivity index (χ0n) is 10.2. The molecule has 0 amide bonds. The van der Waals surface area contributed by atoms with Gasteiger partial charge in [0.15, 0.2) is 5.82 Å². The van der Waals surface area contributed by atoms with E-state index in [1.54, 1.807) is 31.1 Å².